The molecule has 2 saturated heterocycles. The van der Waals surface area contributed by atoms with Crippen molar-refractivity contribution < 1.29 is 4.74 Å². The second-order valence-electron chi connectivity index (χ2n) is 4.92. The highest BCUT2D eigenvalue weighted by Gasteiger charge is 2.42. The van der Waals surface area contributed by atoms with Crippen LogP contribution >= 0.6 is 11.8 Å². The molecular formula is C12H23NOS. The molecule has 3 unspecified atom stereocenters. The Bertz CT molecular complexity index is 198. The average molecular weight is 229 g/mol. The van der Waals surface area contributed by atoms with Gasteiger partial charge < -0.3 is 10.1 Å². The van der Waals surface area contributed by atoms with Crippen LogP contribution in [0.25, 0.3) is 0 Å². The summed E-state index contributed by atoms with van der Waals surface area (Å²) in [6, 6.07) is 0.650. The van der Waals surface area contributed by atoms with Gasteiger partial charge in [0.25, 0.3) is 0 Å². The zero-order chi connectivity index (χ0) is 10.7. The van der Waals surface area contributed by atoms with Gasteiger partial charge in [-0.25, -0.2) is 0 Å². The van der Waals surface area contributed by atoms with Gasteiger partial charge >= 0.3 is 0 Å². The maximum absolute atomic E-state index is 5.54. The predicted molar refractivity (Wildman–Crippen MR) is 66.5 cm³/mol. The molecule has 2 aliphatic rings. The molecule has 15 heavy (non-hydrogen) atoms. The molecule has 3 heteroatoms. The minimum atomic E-state index is 0.453. The maximum Gasteiger partial charge on any atom is 0.0510 e. The molecule has 0 saturated carbocycles. The van der Waals surface area contributed by atoms with E-state index in [1.165, 1.54) is 25.0 Å². The fraction of sp³-hybridized carbons (Fsp3) is 1.00. The summed E-state index contributed by atoms with van der Waals surface area (Å²) >= 11 is 2.16. The fourth-order valence-electron chi connectivity index (χ4n) is 2.96. The van der Waals surface area contributed by atoms with Crippen molar-refractivity contribution in [3.63, 3.8) is 0 Å². The first kappa shape index (κ1) is 11.7. The lowest BCUT2D eigenvalue weighted by molar-refractivity contribution is 0.170. The van der Waals surface area contributed by atoms with Crippen LogP contribution in [-0.2, 0) is 4.74 Å². The van der Waals surface area contributed by atoms with Crippen LogP contribution in [0.15, 0.2) is 0 Å². The summed E-state index contributed by atoms with van der Waals surface area (Å²) in [5, 5.41) is 3.71. The molecule has 2 fully saturated rings. The highest BCUT2D eigenvalue weighted by molar-refractivity contribution is 8.00. The first-order valence-corrected chi connectivity index (χ1v) is 7.20. The van der Waals surface area contributed by atoms with Crippen molar-refractivity contribution >= 4 is 11.8 Å². The molecule has 3 atom stereocenters. The topological polar surface area (TPSA) is 21.3 Å². The lowest BCUT2D eigenvalue weighted by Gasteiger charge is -2.37. The molecule has 0 bridgehead atoms. The van der Waals surface area contributed by atoms with Gasteiger partial charge in [0.1, 0.15) is 0 Å². The quantitative estimate of drug-likeness (QED) is 0.799. The molecule has 0 aromatic rings. The molecule has 0 aliphatic carbocycles. The second-order valence-corrected chi connectivity index (χ2v) is 6.55. The maximum atomic E-state index is 5.54. The van der Waals surface area contributed by atoms with Gasteiger partial charge in [-0.2, -0.15) is 11.8 Å². The Balaban J connectivity index is 2.03. The van der Waals surface area contributed by atoms with E-state index in [1.807, 2.05) is 0 Å². The van der Waals surface area contributed by atoms with Crippen LogP contribution in [0.5, 0.6) is 0 Å². The molecular weight excluding hydrogens is 206 g/mol. The molecule has 0 spiro atoms. The lowest BCUT2D eigenvalue weighted by Crippen LogP contribution is -2.50. The standard InChI is InChI=1S/C12H23NOS/c1-3-13-11(10-5-7-14-9-10)12(2)6-4-8-15-12/h10-11,13H,3-9H2,1-2H3. The molecule has 0 amide bonds. The van der Waals surface area contributed by atoms with E-state index in [0.717, 1.165) is 25.7 Å². The number of rotatable bonds is 4. The van der Waals surface area contributed by atoms with Gasteiger partial charge in [-0.05, 0) is 38.5 Å². The highest BCUT2D eigenvalue weighted by atomic mass is 32.2. The molecule has 0 aromatic heterocycles. The minimum Gasteiger partial charge on any atom is -0.381 e. The van der Waals surface area contributed by atoms with Gasteiger partial charge in [0, 0.05) is 23.3 Å². The van der Waals surface area contributed by atoms with E-state index in [4.69, 9.17) is 4.74 Å². The van der Waals surface area contributed by atoms with E-state index in [1.54, 1.807) is 0 Å². The summed E-state index contributed by atoms with van der Waals surface area (Å²) in [5.41, 5.74) is 0. The summed E-state index contributed by atoms with van der Waals surface area (Å²) in [5.74, 6) is 2.08. The van der Waals surface area contributed by atoms with Crippen molar-refractivity contribution in [2.45, 2.75) is 43.9 Å². The van der Waals surface area contributed by atoms with Gasteiger partial charge in [0.15, 0.2) is 0 Å². The number of ether oxygens (including phenoxy) is 1. The Labute approximate surface area is 97.5 Å². The number of thioether (sulfide) groups is 1. The summed E-state index contributed by atoms with van der Waals surface area (Å²) in [4.78, 5) is 0. The lowest BCUT2D eigenvalue weighted by atomic mass is 9.85. The minimum absolute atomic E-state index is 0.453. The fourth-order valence-corrected chi connectivity index (χ4v) is 4.46. The average Bonchev–Trinajstić information content (AvgIpc) is 2.85. The van der Waals surface area contributed by atoms with E-state index in [9.17, 15) is 0 Å². The Morgan fingerprint density at radius 1 is 1.60 bits per heavy atom. The van der Waals surface area contributed by atoms with Crippen LogP contribution in [0.3, 0.4) is 0 Å². The van der Waals surface area contributed by atoms with Crippen molar-refractivity contribution in [1.29, 1.82) is 0 Å². The third-order valence-corrected chi connectivity index (χ3v) is 5.38. The molecule has 0 radical (unpaired) electrons. The van der Waals surface area contributed by atoms with Crippen molar-refractivity contribution in [3.05, 3.63) is 0 Å². The van der Waals surface area contributed by atoms with Gasteiger partial charge in [-0.3, -0.25) is 0 Å². The molecule has 2 nitrogen and oxygen atoms in total. The summed E-state index contributed by atoms with van der Waals surface area (Å²) < 4.78 is 5.99. The van der Waals surface area contributed by atoms with E-state index in [-0.39, 0.29) is 0 Å². The predicted octanol–water partition coefficient (Wildman–Crippen LogP) is 2.29. The van der Waals surface area contributed by atoms with Crippen LogP contribution in [0, 0.1) is 5.92 Å². The first-order chi connectivity index (χ1) is 7.26. The Morgan fingerprint density at radius 2 is 2.47 bits per heavy atom. The van der Waals surface area contributed by atoms with Crippen LogP contribution in [-0.4, -0.2) is 36.3 Å². The summed E-state index contributed by atoms with van der Waals surface area (Å²) in [6.07, 6.45) is 4.00. The third-order valence-electron chi connectivity index (χ3n) is 3.77. The molecule has 2 rings (SSSR count). The van der Waals surface area contributed by atoms with Gasteiger partial charge in [-0.1, -0.05) is 6.92 Å². The van der Waals surface area contributed by atoms with Crippen LogP contribution in [0.1, 0.15) is 33.1 Å². The zero-order valence-electron chi connectivity index (χ0n) is 9.92. The summed E-state index contributed by atoms with van der Waals surface area (Å²) in [6.45, 7) is 7.67. The van der Waals surface area contributed by atoms with E-state index < -0.39 is 0 Å². The van der Waals surface area contributed by atoms with E-state index in [2.05, 4.69) is 30.9 Å². The van der Waals surface area contributed by atoms with Gasteiger partial charge in [0.2, 0.25) is 0 Å². The van der Waals surface area contributed by atoms with Crippen molar-refractivity contribution in [2.24, 2.45) is 5.92 Å². The number of hydrogen-bond donors (Lipinski definition) is 1. The van der Waals surface area contributed by atoms with Gasteiger partial charge in [-0.15, -0.1) is 0 Å². The smallest absolute Gasteiger partial charge is 0.0510 e. The second kappa shape index (κ2) is 5.07. The Morgan fingerprint density at radius 3 is 3.00 bits per heavy atom. The van der Waals surface area contributed by atoms with E-state index >= 15 is 0 Å². The molecule has 0 aromatic carbocycles. The Kier molecular flexibility index (Phi) is 3.97. The van der Waals surface area contributed by atoms with Crippen molar-refractivity contribution in [2.75, 3.05) is 25.5 Å². The van der Waals surface area contributed by atoms with Crippen LogP contribution in [0.2, 0.25) is 0 Å². The zero-order valence-corrected chi connectivity index (χ0v) is 10.7. The molecule has 1 N–H and O–H groups in total. The largest absolute Gasteiger partial charge is 0.381 e. The van der Waals surface area contributed by atoms with Crippen molar-refractivity contribution in [1.82, 2.24) is 5.32 Å². The van der Waals surface area contributed by atoms with E-state index in [0.29, 0.717) is 10.8 Å². The normalized spacial score (nSPS) is 38.4. The monoisotopic (exact) mass is 229 g/mol. The molecule has 88 valence electrons. The highest BCUT2D eigenvalue weighted by Crippen LogP contribution is 2.43. The van der Waals surface area contributed by atoms with Crippen LogP contribution < -0.4 is 5.32 Å². The Hall–Kier alpha value is 0.270. The SMILES string of the molecule is CCNC(C1CCOC1)C1(C)CCCS1. The number of nitrogens with one attached hydrogen (secondary N) is 1. The summed E-state index contributed by atoms with van der Waals surface area (Å²) in [7, 11) is 0. The van der Waals surface area contributed by atoms with Crippen molar-refractivity contribution in [3.8, 4) is 0 Å². The third kappa shape index (κ3) is 2.51. The molecule has 2 aliphatic heterocycles. The number of hydrogen-bond acceptors (Lipinski definition) is 3. The van der Waals surface area contributed by atoms with Crippen LogP contribution in [0.4, 0.5) is 0 Å². The molecule has 2 heterocycles. The first-order valence-electron chi connectivity index (χ1n) is 6.21. The van der Waals surface area contributed by atoms with Gasteiger partial charge in [0.05, 0.1) is 6.61 Å².